The molecule has 1 aliphatic carbocycles. The summed E-state index contributed by atoms with van der Waals surface area (Å²) in [6.45, 7) is 1.98. The van der Waals surface area contributed by atoms with Crippen LogP contribution in [0.4, 0.5) is 0 Å². The van der Waals surface area contributed by atoms with E-state index in [9.17, 15) is 4.79 Å². The van der Waals surface area contributed by atoms with E-state index < -0.39 is 5.97 Å². The Kier molecular flexibility index (Phi) is 6.15. The molecule has 0 saturated carbocycles. The molecule has 1 aliphatic rings. The molecule has 1 aromatic carbocycles. The molecule has 3 nitrogen and oxygen atoms in total. The molecule has 98 valence electrons. The summed E-state index contributed by atoms with van der Waals surface area (Å²) >= 11 is 0. The molecule has 0 saturated heterocycles. The average Bonchev–Trinajstić information content (AvgIpc) is 2.41. The van der Waals surface area contributed by atoms with Crippen molar-refractivity contribution in [2.75, 3.05) is 0 Å². The Balaban J connectivity index is 0.000000180. The summed E-state index contributed by atoms with van der Waals surface area (Å²) in [6, 6.07) is 10.2. The van der Waals surface area contributed by atoms with Gasteiger partial charge in [0.15, 0.2) is 0 Å². The molecule has 0 aliphatic heterocycles. The second-order valence-corrected chi connectivity index (χ2v) is 4.52. The van der Waals surface area contributed by atoms with Crippen LogP contribution < -0.4 is 5.73 Å². The number of allylic oxidation sites excluding steroid dienone is 2. The Bertz CT molecular complexity index is 385. The molecule has 18 heavy (non-hydrogen) atoms. The van der Waals surface area contributed by atoms with E-state index in [-0.39, 0.29) is 12.0 Å². The standard InChI is InChI=1S/C8H11N.C7H10O2/c1-7(9)8-5-3-2-4-6-8;8-7(9)6-4-2-1-3-5-6/h2-7H,9H2,1H3;1-2,6H,3-5H2,(H,8,9)/t7-;6-/m00/s1. The third-order valence-electron chi connectivity index (χ3n) is 2.94. The van der Waals surface area contributed by atoms with Gasteiger partial charge in [-0.15, -0.1) is 0 Å². The molecule has 0 amide bonds. The molecule has 0 heterocycles. The van der Waals surface area contributed by atoms with E-state index in [1.165, 1.54) is 5.56 Å². The monoisotopic (exact) mass is 247 g/mol. The average molecular weight is 247 g/mol. The Morgan fingerprint density at radius 1 is 1.33 bits per heavy atom. The minimum Gasteiger partial charge on any atom is -0.481 e. The number of rotatable bonds is 2. The molecular formula is C15H21NO2. The maximum Gasteiger partial charge on any atom is 0.306 e. The molecule has 2 rings (SSSR count). The lowest BCUT2D eigenvalue weighted by molar-refractivity contribution is -0.141. The van der Waals surface area contributed by atoms with Crippen molar-refractivity contribution in [3.63, 3.8) is 0 Å². The third kappa shape index (κ3) is 5.15. The van der Waals surface area contributed by atoms with Gasteiger partial charge in [0.1, 0.15) is 0 Å². The normalized spacial score (nSPS) is 19.6. The van der Waals surface area contributed by atoms with Crippen molar-refractivity contribution in [2.24, 2.45) is 11.7 Å². The van der Waals surface area contributed by atoms with E-state index in [0.29, 0.717) is 0 Å². The van der Waals surface area contributed by atoms with Crippen LogP contribution in [0.3, 0.4) is 0 Å². The fourth-order valence-corrected chi connectivity index (χ4v) is 1.77. The lowest BCUT2D eigenvalue weighted by atomic mass is 9.95. The molecule has 3 heteroatoms. The lowest BCUT2D eigenvalue weighted by Gasteiger charge is -2.11. The number of hydrogen-bond acceptors (Lipinski definition) is 2. The van der Waals surface area contributed by atoms with Gasteiger partial charge in [-0.25, -0.2) is 0 Å². The second-order valence-electron chi connectivity index (χ2n) is 4.52. The minimum absolute atomic E-state index is 0.116. The second kappa shape index (κ2) is 7.67. The minimum atomic E-state index is -0.653. The van der Waals surface area contributed by atoms with Crippen LogP contribution in [0.2, 0.25) is 0 Å². The number of carboxylic acids is 1. The predicted octanol–water partition coefficient (Wildman–Crippen LogP) is 3.13. The number of nitrogens with two attached hydrogens (primary N) is 1. The highest BCUT2D eigenvalue weighted by atomic mass is 16.4. The first-order valence-electron chi connectivity index (χ1n) is 6.29. The molecule has 0 bridgehead atoms. The van der Waals surface area contributed by atoms with Crippen molar-refractivity contribution in [3.05, 3.63) is 48.0 Å². The Hall–Kier alpha value is -1.61. The van der Waals surface area contributed by atoms with Crippen molar-refractivity contribution in [1.29, 1.82) is 0 Å². The maximum atomic E-state index is 10.3. The lowest BCUT2D eigenvalue weighted by Crippen LogP contribution is -2.13. The summed E-state index contributed by atoms with van der Waals surface area (Å²) in [5.41, 5.74) is 6.81. The van der Waals surface area contributed by atoms with Crippen molar-refractivity contribution in [1.82, 2.24) is 0 Å². The van der Waals surface area contributed by atoms with Crippen molar-refractivity contribution >= 4 is 5.97 Å². The van der Waals surface area contributed by atoms with E-state index >= 15 is 0 Å². The number of hydrogen-bond donors (Lipinski definition) is 2. The highest BCUT2D eigenvalue weighted by Crippen LogP contribution is 2.17. The quantitative estimate of drug-likeness (QED) is 0.789. The largest absolute Gasteiger partial charge is 0.481 e. The van der Waals surface area contributed by atoms with Gasteiger partial charge in [-0.05, 0) is 31.7 Å². The molecule has 0 aromatic heterocycles. The van der Waals surface area contributed by atoms with Crippen LogP contribution in [-0.4, -0.2) is 11.1 Å². The zero-order chi connectivity index (χ0) is 13.4. The highest BCUT2D eigenvalue weighted by Gasteiger charge is 2.16. The van der Waals surface area contributed by atoms with Gasteiger partial charge in [0, 0.05) is 6.04 Å². The molecular weight excluding hydrogens is 226 g/mol. The van der Waals surface area contributed by atoms with Crippen molar-refractivity contribution < 1.29 is 9.90 Å². The topological polar surface area (TPSA) is 63.3 Å². The van der Waals surface area contributed by atoms with Crippen LogP contribution >= 0.6 is 0 Å². The number of benzene rings is 1. The Morgan fingerprint density at radius 3 is 2.33 bits per heavy atom. The molecule has 0 radical (unpaired) electrons. The van der Waals surface area contributed by atoms with Crippen molar-refractivity contribution in [3.8, 4) is 0 Å². The third-order valence-corrected chi connectivity index (χ3v) is 2.94. The number of aliphatic carboxylic acids is 1. The molecule has 2 atom stereocenters. The van der Waals surface area contributed by atoms with Crippen LogP contribution in [0.25, 0.3) is 0 Å². The van der Waals surface area contributed by atoms with Crippen LogP contribution in [-0.2, 0) is 4.79 Å². The Morgan fingerprint density at radius 2 is 2.00 bits per heavy atom. The zero-order valence-corrected chi connectivity index (χ0v) is 10.8. The number of carbonyl (C=O) groups is 1. The van der Waals surface area contributed by atoms with E-state index in [4.69, 9.17) is 10.8 Å². The van der Waals surface area contributed by atoms with Gasteiger partial charge in [0.2, 0.25) is 0 Å². The first-order valence-corrected chi connectivity index (χ1v) is 6.29. The molecule has 0 unspecified atom stereocenters. The molecule has 3 N–H and O–H groups in total. The van der Waals surface area contributed by atoms with E-state index in [1.807, 2.05) is 49.4 Å². The van der Waals surface area contributed by atoms with Crippen LogP contribution in [0.15, 0.2) is 42.5 Å². The van der Waals surface area contributed by atoms with Gasteiger partial charge >= 0.3 is 5.97 Å². The molecule has 0 spiro atoms. The molecule has 1 aromatic rings. The van der Waals surface area contributed by atoms with E-state index in [0.717, 1.165) is 19.3 Å². The van der Waals surface area contributed by atoms with Crippen molar-refractivity contribution in [2.45, 2.75) is 32.2 Å². The summed E-state index contributed by atoms with van der Waals surface area (Å²) in [4.78, 5) is 10.3. The summed E-state index contributed by atoms with van der Waals surface area (Å²) in [5.74, 6) is -0.769. The smallest absolute Gasteiger partial charge is 0.306 e. The van der Waals surface area contributed by atoms with Gasteiger partial charge in [0.25, 0.3) is 0 Å². The summed E-state index contributed by atoms with van der Waals surface area (Å²) < 4.78 is 0. The van der Waals surface area contributed by atoms with E-state index in [1.54, 1.807) is 0 Å². The first-order chi connectivity index (χ1) is 8.61. The number of carboxylic acid groups (broad SMARTS) is 1. The summed E-state index contributed by atoms with van der Waals surface area (Å²) in [5, 5.41) is 8.50. The highest BCUT2D eigenvalue weighted by molar-refractivity contribution is 5.70. The fraction of sp³-hybridized carbons (Fsp3) is 0.400. The van der Waals surface area contributed by atoms with Crippen LogP contribution in [0, 0.1) is 5.92 Å². The zero-order valence-electron chi connectivity index (χ0n) is 10.8. The summed E-state index contributed by atoms with van der Waals surface area (Å²) in [6.07, 6.45) is 6.44. The van der Waals surface area contributed by atoms with E-state index in [2.05, 4.69) is 0 Å². The van der Waals surface area contributed by atoms with Gasteiger partial charge in [-0.3, -0.25) is 4.79 Å². The SMILES string of the molecule is C[C@H](N)c1ccccc1.O=C(O)[C@H]1CC=CCC1. The maximum absolute atomic E-state index is 10.3. The van der Waals surface area contributed by atoms with Crippen LogP contribution in [0.1, 0.15) is 37.8 Å². The fourth-order valence-electron chi connectivity index (χ4n) is 1.77. The van der Waals surface area contributed by atoms with Gasteiger partial charge in [-0.1, -0.05) is 42.5 Å². The van der Waals surface area contributed by atoms with Crippen LogP contribution in [0.5, 0.6) is 0 Å². The van der Waals surface area contributed by atoms with Gasteiger partial charge < -0.3 is 10.8 Å². The van der Waals surface area contributed by atoms with Gasteiger partial charge in [0.05, 0.1) is 5.92 Å². The van der Waals surface area contributed by atoms with Gasteiger partial charge in [-0.2, -0.15) is 0 Å². The predicted molar refractivity (Wildman–Crippen MR) is 73.2 cm³/mol. The summed E-state index contributed by atoms with van der Waals surface area (Å²) in [7, 11) is 0. The first kappa shape index (κ1) is 14.5. The molecule has 0 fully saturated rings. The Labute approximate surface area is 108 Å².